The molecule has 2 aromatic heterocycles. The third kappa shape index (κ3) is 3.73. The van der Waals surface area contributed by atoms with Crippen molar-refractivity contribution in [3.8, 4) is 0 Å². The number of carbonyl (C=O) groups is 1. The van der Waals surface area contributed by atoms with Crippen molar-refractivity contribution in [3.63, 3.8) is 0 Å². The van der Waals surface area contributed by atoms with Crippen LogP contribution in [0.5, 0.6) is 0 Å². The number of nitrogens with one attached hydrogen (secondary N) is 1. The molecular weight excluding hydrogens is 252 g/mol. The first-order valence-electron chi connectivity index (χ1n) is 7.08. The molecule has 0 aliphatic carbocycles. The van der Waals surface area contributed by atoms with Gasteiger partial charge in [-0.1, -0.05) is 13.3 Å². The molecule has 5 heteroatoms. The summed E-state index contributed by atoms with van der Waals surface area (Å²) < 4.78 is 3.97. The maximum atomic E-state index is 12.1. The standard InChI is InChI=1S/C15H22N4O/c1-3-6-13(15-16-8-12-18(15)2)17-14(20)7-11-19-9-4-5-10-19/h4-5,8-10,12-13H,3,6-7,11H2,1-2H3,(H,17,20)/t13-/m0/s1. The monoisotopic (exact) mass is 274 g/mol. The van der Waals surface area contributed by atoms with E-state index in [4.69, 9.17) is 0 Å². The van der Waals surface area contributed by atoms with Gasteiger partial charge in [-0.2, -0.15) is 0 Å². The Hall–Kier alpha value is -2.04. The third-order valence-electron chi connectivity index (χ3n) is 3.35. The zero-order valence-corrected chi connectivity index (χ0v) is 12.1. The zero-order valence-electron chi connectivity index (χ0n) is 12.1. The van der Waals surface area contributed by atoms with Gasteiger partial charge >= 0.3 is 0 Å². The lowest BCUT2D eigenvalue weighted by atomic mass is 10.1. The predicted octanol–water partition coefficient (Wildman–Crippen LogP) is 2.27. The molecule has 1 atom stereocenters. The van der Waals surface area contributed by atoms with Crippen molar-refractivity contribution in [1.82, 2.24) is 19.4 Å². The molecule has 108 valence electrons. The minimum absolute atomic E-state index is 0.00263. The van der Waals surface area contributed by atoms with Crippen LogP contribution in [0.2, 0.25) is 0 Å². The summed E-state index contributed by atoms with van der Waals surface area (Å²) in [5.41, 5.74) is 0. The van der Waals surface area contributed by atoms with Gasteiger partial charge in [-0.15, -0.1) is 0 Å². The molecule has 0 radical (unpaired) electrons. The van der Waals surface area contributed by atoms with Gasteiger partial charge in [-0.25, -0.2) is 4.98 Å². The number of hydrogen-bond acceptors (Lipinski definition) is 2. The molecule has 5 nitrogen and oxygen atoms in total. The van der Waals surface area contributed by atoms with E-state index < -0.39 is 0 Å². The third-order valence-corrected chi connectivity index (χ3v) is 3.35. The normalized spacial score (nSPS) is 12.3. The second-order valence-electron chi connectivity index (χ2n) is 4.98. The van der Waals surface area contributed by atoms with Gasteiger partial charge in [0.25, 0.3) is 0 Å². The number of imidazole rings is 1. The van der Waals surface area contributed by atoms with Crippen LogP contribution in [-0.4, -0.2) is 20.0 Å². The molecule has 0 spiro atoms. The Morgan fingerprint density at radius 1 is 1.35 bits per heavy atom. The highest BCUT2D eigenvalue weighted by atomic mass is 16.1. The Morgan fingerprint density at radius 2 is 2.10 bits per heavy atom. The maximum Gasteiger partial charge on any atom is 0.222 e. The highest BCUT2D eigenvalue weighted by Gasteiger charge is 2.17. The molecule has 0 fully saturated rings. The second kappa shape index (κ2) is 6.93. The van der Waals surface area contributed by atoms with E-state index in [2.05, 4.69) is 17.2 Å². The number of aromatic nitrogens is 3. The smallest absolute Gasteiger partial charge is 0.222 e. The van der Waals surface area contributed by atoms with Crippen LogP contribution in [0.25, 0.3) is 0 Å². The van der Waals surface area contributed by atoms with Crippen LogP contribution in [0, 0.1) is 0 Å². The molecule has 2 heterocycles. The molecule has 20 heavy (non-hydrogen) atoms. The summed E-state index contributed by atoms with van der Waals surface area (Å²) in [6, 6.07) is 3.93. The minimum Gasteiger partial charge on any atom is -0.354 e. The molecular formula is C15H22N4O. The van der Waals surface area contributed by atoms with E-state index in [-0.39, 0.29) is 11.9 Å². The average molecular weight is 274 g/mol. The molecule has 1 amide bonds. The predicted molar refractivity (Wildman–Crippen MR) is 78.0 cm³/mol. The first-order valence-corrected chi connectivity index (χ1v) is 7.08. The van der Waals surface area contributed by atoms with E-state index >= 15 is 0 Å². The zero-order chi connectivity index (χ0) is 14.4. The van der Waals surface area contributed by atoms with Crippen LogP contribution < -0.4 is 5.32 Å². The van der Waals surface area contributed by atoms with Crippen molar-refractivity contribution in [1.29, 1.82) is 0 Å². The molecule has 0 aliphatic heterocycles. The summed E-state index contributed by atoms with van der Waals surface area (Å²) in [4.78, 5) is 16.4. The molecule has 0 aliphatic rings. The van der Waals surface area contributed by atoms with E-state index in [9.17, 15) is 4.79 Å². The van der Waals surface area contributed by atoms with Crippen molar-refractivity contribution < 1.29 is 4.79 Å². The van der Waals surface area contributed by atoms with Gasteiger partial charge in [0.05, 0.1) is 6.04 Å². The van der Waals surface area contributed by atoms with Crippen LogP contribution >= 0.6 is 0 Å². The topological polar surface area (TPSA) is 51.9 Å². The highest BCUT2D eigenvalue weighted by Crippen LogP contribution is 2.16. The van der Waals surface area contributed by atoms with Gasteiger partial charge in [-0.3, -0.25) is 4.79 Å². The van der Waals surface area contributed by atoms with E-state index in [0.29, 0.717) is 13.0 Å². The van der Waals surface area contributed by atoms with Gasteiger partial charge < -0.3 is 14.5 Å². The first-order chi connectivity index (χ1) is 9.70. The van der Waals surface area contributed by atoms with Gasteiger partial charge in [0.15, 0.2) is 0 Å². The molecule has 0 saturated carbocycles. The Kier molecular flexibility index (Phi) is 4.98. The number of nitrogens with zero attached hydrogens (tertiary/aromatic N) is 3. The van der Waals surface area contributed by atoms with Crippen molar-refractivity contribution in [3.05, 3.63) is 42.7 Å². The summed E-state index contributed by atoms with van der Waals surface area (Å²) in [5, 5.41) is 3.09. The van der Waals surface area contributed by atoms with Crippen LogP contribution in [0.15, 0.2) is 36.9 Å². The molecule has 2 rings (SSSR count). The largest absolute Gasteiger partial charge is 0.354 e. The lowest BCUT2D eigenvalue weighted by molar-refractivity contribution is -0.122. The van der Waals surface area contributed by atoms with Crippen LogP contribution in [0.4, 0.5) is 0 Å². The summed E-state index contributed by atoms with van der Waals surface area (Å²) in [6.45, 7) is 2.82. The van der Waals surface area contributed by atoms with Crippen molar-refractivity contribution in [2.45, 2.75) is 38.8 Å². The highest BCUT2D eigenvalue weighted by molar-refractivity contribution is 5.76. The Balaban J connectivity index is 1.91. The molecule has 0 bridgehead atoms. The van der Waals surface area contributed by atoms with Gasteiger partial charge in [0.2, 0.25) is 5.91 Å². The number of aryl methyl sites for hydroxylation is 2. The van der Waals surface area contributed by atoms with Crippen molar-refractivity contribution in [2.24, 2.45) is 7.05 Å². The Bertz CT molecular complexity index is 530. The second-order valence-corrected chi connectivity index (χ2v) is 4.98. The van der Waals surface area contributed by atoms with Crippen LogP contribution in [0.3, 0.4) is 0 Å². The fourth-order valence-corrected chi connectivity index (χ4v) is 2.28. The van der Waals surface area contributed by atoms with Gasteiger partial charge in [0.1, 0.15) is 5.82 Å². The Morgan fingerprint density at radius 3 is 2.70 bits per heavy atom. The molecule has 0 saturated heterocycles. The van der Waals surface area contributed by atoms with E-state index in [0.717, 1.165) is 18.7 Å². The summed E-state index contributed by atoms with van der Waals surface area (Å²) in [7, 11) is 1.96. The number of hydrogen-bond donors (Lipinski definition) is 1. The number of carbonyl (C=O) groups excluding carboxylic acids is 1. The van der Waals surface area contributed by atoms with Crippen LogP contribution in [-0.2, 0) is 18.4 Å². The number of rotatable bonds is 7. The fraction of sp³-hybridized carbons (Fsp3) is 0.467. The first kappa shape index (κ1) is 14.4. The lowest BCUT2D eigenvalue weighted by Crippen LogP contribution is -2.30. The summed E-state index contributed by atoms with van der Waals surface area (Å²) >= 11 is 0. The summed E-state index contributed by atoms with van der Waals surface area (Å²) in [6.07, 6.45) is 10.0. The van der Waals surface area contributed by atoms with E-state index in [1.165, 1.54) is 0 Å². The van der Waals surface area contributed by atoms with Gasteiger partial charge in [-0.05, 0) is 18.6 Å². The molecule has 2 aromatic rings. The number of amides is 1. The van der Waals surface area contributed by atoms with Crippen LogP contribution in [0.1, 0.15) is 38.1 Å². The minimum atomic E-state index is -0.00263. The van der Waals surface area contributed by atoms with Crippen molar-refractivity contribution >= 4 is 5.91 Å². The molecule has 0 aromatic carbocycles. The lowest BCUT2D eigenvalue weighted by Gasteiger charge is -2.18. The summed E-state index contributed by atoms with van der Waals surface area (Å²) in [5.74, 6) is 0.987. The fourth-order valence-electron chi connectivity index (χ4n) is 2.28. The quantitative estimate of drug-likeness (QED) is 0.842. The maximum absolute atomic E-state index is 12.1. The van der Waals surface area contributed by atoms with Crippen molar-refractivity contribution in [2.75, 3.05) is 0 Å². The molecule has 1 N–H and O–H groups in total. The SMILES string of the molecule is CCC[C@H](NC(=O)CCn1cccc1)c1nccn1C. The van der Waals surface area contributed by atoms with E-state index in [1.807, 2.05) is 46.9 Å². The molecule has 0 unspecified atom stereocenters. The van der Waals surface area contributed by atoms with Gasteiger partial charge in [0, 0.05) is 44.8 Å². The average Bonchev–Trinajstić information content (AvgIpc) is 3.07. The Labute approximate surface area is 119 Å². The van der Waals surface area contributed by atoms with E-state index in [1.54, 1.807) is 6.20 Å².